The molecule has 0 aliphatic rings. The van der Waals surface area contributed by atoms with Gasteiger partial charge in [0.1, 0.15) is 4.90 Å². The van der Waals surface area contributed by atoms with Gasteiger partial charge in [-0.05, 0) is 15.9 Å². The first-order valence-corrected chi connectivity index (χ1v) is 5.81. The monoisotopic (exact) mass is 267 g/mol. The summed E-state index contributed by atoms with van der Waals surface area (Å²) in [5, 5.41) is 2.98. The maximum absolute atomic E-state index is 11.1. The van der Waals surface area contributed by atoms with Gasteiger partial charge in [-0.2, -0.15) is 8.42 Å². The average molecular weight is 268 g/mol. The highest BCUT2D eigenvalue weighted by Gasteiger charge is 2.16. The molecule has 0 fully saturated rings. The highest BCUT2D eigenvalue weighted by Crippen LogP contribution is 2.26. The van der Waals surface area contributed by atoms with E-state index in [4.69, 9.17) is 0 Å². The minimum atomic E-state index is -3.83. The van der Waals surface area contributed by atoms with Crippen molar-refractivity contribution in [1.82, 2.24) is 0 Å². The molecule has 1 heterocycles. The van der Waals surface area contributed by atoms with Gasteiger partial charge in [0.05, 0.1) is 0 Å². The molecule has 1 rings (SSSR count). The molecule has 4 nitrogen and oxygen atoms in total. The lowest BCUT2D eigenvalue weighted by Gasteiger charge is -1.90. The second-order valence-electron chi connectivity index (χ2n) is 1.74. The summed E-state index contributed by atoms with van der Waals surface area (Å²) in [4.78, 5) is 9.74. The first-order chi connectivity index (χ1) is 5.58. The Hall–Kier alpha value is -0.490. The summed E-state index contributed by atoms with van der Waals surface area (Å²) >= 11 is 4.22. The molecule has 0 aliphatic heterocycles. The molecular weight excluding hydrogens is 266 g/mol. The van der Waals surface area contributed by atoms with Crippen LogP contribution < -0.4 is 0 Å². The maximum atomic E-state index is 11.1. The minimum Gasteiger partial charge on any atom is -0.210 e. The Bertz CT molecular complexity index is 429. The average Bonchev–Trinajstić information content (AvgIpc) is 2.35. The summed E-state index contributed by atoms with van der Waals surface area (Å²) in [5.74, 6) is 0. The van der Waals surface area contributed by atoms with Crippen molar-refractivity contribution in [3.05, 3.63) is 15.2 Å². The molecule has 0 N–H and O–H groups in total. The molecule has 0 radical (unpaired) electrons. The number of hydrogen-bond acceptors (Lipinski definition) is 4. The second-order valence-corrected chi connectivity index (χ2v) is 4.91. The van der Waals surface area contributed by atoms with E-state index in [-0.39, 0.29) is 4.90 Å². The van der Waals surface area contributed by atoms with Crippen molar-refractivity contribution in [2.75, 3.05) is 0 Å². The van der Waals surface area contributed by atoms with Gasteiger partial charge in [0.25, 0.3) is 16.1 Å². The molecule has 0 amide bonds. The van der Waals surface area contributed by atoms with Crippen LogP contribution in [-0.4, -0.2) is 14.5 Å². The summed E-state index contributed by atoms with van der Waals surface area (Å²) in [5.41, 5.74) is 0. The Kier molecular flexibility index (Phi) is 2.79. The predicted octanol–water partition coefficient (Wildman–Crippen LogP) is 1.54. The molecular formula is C5H2BrNO3S2. The molecule has 1 aromatic rings. The molecule has 0 aromatic carbocycles. The number of hydrogen-bond donors (Lipinski definition) is 0. The van der Waals surface area contributed by atoms with Crippen molar-refractivity contribution in [1.29, 1.82) is 0 Å². The number of carbonyl (C=O) groups excluding carboxylic acids is 1. The highest BCUT2D eigenvalue weighted by molar-refractivity contribution is 9.10. The maximum Gasteiger partial charge on any atom is 0.294 e. The summed E-state index contributed by atoms with van der Waals surface area (Å²) < 4.78 is 25.2. The van der Waals surface area contributed by atoms with Crippen LogP contribution in [-0.2, 0) is 14.8 Å². The van der Waals surface area contributed by atoms with E-state index in [0.717, 1.165) is 6.08 Å². The van der Waals surface area contributed by atoms with Crippen LogP contribution in [0.15, 0.2) is 24.5 Å². The van der Waals surface area contributed by atoms with Gasteiger partial charge < -0.3 is 0 Å². The van der Waals surface area contributed by atoms with Crippen molar-refractivity contribution < 1.29 is 13.2 Å². The standard InChI is InChI=1S/C5H2BrNO3S2/c6-4-1-11-2-5(4)12(9,10)7-3-8/h1-2H. The largest absolute Gasteiger partial charge is 0.294 e. The number of rotatable bonds is 2. The number of sulfonamides is 1. The third-order valence-electron chi connectivity index (χ3n) is 1.02. The lowest BCUT2D eigenvalue weighted by molar-refractivity contribution is 0.563. The summed E-state index contributed by atoms with van der Waals surface area (Å²) in [6.07, 6.45) is 0.994. The molecule has 12 heavy (non-hydrogen) atoms. The number of halogens is 1. The molecule has 0 unspecified atom stereocenters. The molecule has 0 saturated heterocycles. The smallest absolute Gasteiger partial charge is 0.210 e. The van der Waals surface area contributed by atoms with Crippen LogP contribution in [0.4, 0.5) is 0 Å². The van der Waals surface area contributed by atoms with Gasteiger partial charge >= 0.3 is 0 Å². The first-order valence-electron chi connectivity index (χ1n) is 2.64. The van der Waals surface area contributed by atoms with E-state index < -0.39 is 10.0 Å². The fraction of sp³-hybridized carbons (Fsp3) is 0. The zero-order valence-corrected chi connectivity index (χ0v) is 8.74. The summed E-state index contributed by atoms with van der Waals surface area (Å²) in [7, 11) is -3.83. The Morgan fingerprint density at radius 2 is 2.17 bits per heavy atom. The number of nitrogens with zero attached hydrogens (tertiary/aromatic N) is 1. The minimum absolute atomic E-state index is 0.00384. The second kappa shape index (κ2) is 3.49. The van der Waals surface area contributed by atoms with E-state index in [0.29, 0.717) is 4.47 Å². The fourth-order valence-electron chi connectivity index (χ4n) is 0.552. The molecule has 0 aliphatic carbocycles. The van der Waals surface area contributed by atoms with E-state index in [1.807, 2.05) is 0 Å². The molecule has 0 saturated carbocycles. The molecule has 64 valence electrons. The molecule has 1 aromatic heterocycles. The van der Waals surface area contributed by atoms with E-state index in [1.165, 1.54) is 16.7 Å². The van der Waals surface area contributed by atoms with Crippen LogP contribution in [0.1, 0.15) is 0 Å². The predicted molar refractivity (Wildman–Crippen MR) is 47.3 cm³/mol. The van der Waals surface area contributed by atoms with Crippen LogP contribution in [0.2, 0.25) is 0 Å². The number of isocyanates is 1. The summed E-state index contributed by atoms with van der Waals surface area (Å²) in [6, 6.07) is 0. The molecule has 0 atom stereocenters. The lowest BCUT2D eigenvalue weighted by atomic mass is 10.7. The van der Waals surface area contributed by atoms with Gasteiger partial charge in [0.2, 0.25) is 0 Å². The van der Waals surface area contributed by atoms with Gasteiger partial charge in [-0.1, -0.05) is 4.40 Å². The zero-order valence-electron chi connectivity index (χ0n) is 5.52. The normalized spacial score (nSPS) is 10.8. The van der Waals surface area contributed by atoms with Gasteiger partial charge in [0.15, 0.2) is 0 Å². The van der Waals surface area contributed by atoms with Crippen LogP contribution >= 0.6 is 27.3 Å². The quantitative estimate of drug-likeness (QED) is 0.603. The zero-order chi connectivity index (χ0) is 9.19. The third-order valence-corrected chi connectivity index (χ3v) is 4.34. The lowest BCUT2D eigenvalue weighted by Crippen LogP contribution is -1.94. The van der Waals surface area contributed by atoms with E-state index in [2.05, 4.69) is 20.3 Å². The van der Waals surface area contributed by atoms with E-state index in [9.17, 15) is 13.2 Å². The highest BCUT2D eigenvalue weighted by atomic mass is 79.9. The molecule has 0 bridgehead atoms. The van der Waals surface area contributed by atoms with Crippen LogP contribution in [0, 0.1) is 0 Å². The Morgan fingerprint density at radius 3 is 2.58 bits per heavy atom. The van der Waals surface area contributed by atoms with Crippen LogP contribution in [0.25, 0.3) is 0 Å². The van der Waals surface area contributed by atoms with Gasteiger partial charge in [-0.15, -0.1) is 11.3 Å². The Morgan fingerprint density at radius 1 is 1.50 bits per heavy atom. The summed E-state index contributed by atoms with van der Waals surface area (Å²) in [6.45, 7) is 0. The third kappa shape index (κ3) is 1.81. The van der Waals surface area contributed by atoms with Gasteiger partial charge in [-0.3, -0.25) is 0 Å². The topological polar surface area (TPSA) is 63.6 Å². The van der Waals surface area contributed by atoms with E-state index in [1.54, 1.807) is 5.38 Å². The van der Waals surface area contributed by atoms with Crippen molar-refractivity contribution in [3.8, 4) is 0 Å². The number of thiophene rings is 1. The van der Waals surface area contributed by atoms with Crippen molar-refractivity contribution in [2.45, 2.75) is 4.90 Å². The molecule has 7 heteroatoms. The van der Waals surface area contributed by atoms with Gasteiger partial charge in [0, 0.05) is 15.2 Å². The van der Waals surface area contributed by atoms with Crippen LogP contribution in [0.3, 0.4) is 0 Å². The van der Waals surface area contributed by atoms with Crippen molar-refractivity contribution in [3.63, 3.8) is 0 Å². The Labute approximate surface area is 81.1 Å². The fourth-order valence-corrected chi connectivity index (χ4v) is 3.55. The van der Waals surface area contributed by atoms with E-state index >= 15 is 0 Å². The molecule has 0 spiro atoms. The van der Waals surface area contributed by atoms with Crippen LogP contribution in [0.5, 0.6) is 0 Å². The first kappa shape index (κ1) is 9.60. The van der Waals surface area contributed by atoms with Crippen molar-refractivity contribution >= 4 is 43.4 Å². The van der Waals surface area contributed by atoms with Crippen molar-refractivity contribution in [2.24, 2.45) is 4.40 Å². The SMILES string of the molecule is O=C=NS(=O)(=O)c1cscc1Br. The Balaban J connectivity index is 3.33. The van der Waals surface area contributed by atoms with Gasteiger partial charge in [-0.25, -0.2) is 4.79 Å².